The molecule has 1 aromatic carbocycles. The highest BCUT2D eigenvalue weighted by molar-refractivity contribution is 5.47. The van der Waals surface area contributed by atoms with Crippen LogP contribution in [0.1, 0.15) is 26.3 Å². The summed E-state index contributed by atoms with van der Waals surface area (Å²) in [6.45, 7) is 11.9. The van der Waals surface area contributed by atoms with Crippen LogP contribution < -0.4 is 10.2 Å². The molecule has 3 nitrogen and oxygen atoms in total. The molecule has 0 heterocycles. The third-order valence-electron chi connectivity index (χ3n) is 3.02. The molecule has 1 N–H and O–H groups in total. The number of rotatable bonds is 9. The van der Waals surface area contributed by atoms with Crippen molar-refractivity contribution in [3.63, 3.8) is 0 Å². The van der Waals surface area contributed by atoms with E-state index in [2.05, 4.69) is 48.3 Å². The van der Waals surface area contributed by atoms with Crippen LogP contribution in [0.2, 0.25) is 0 Å². The Bertz CT molecular complexity index is 307. The lowest BCUT2D eigenvalue weighted by Gasteiger charge is -2.21. The zero-order valence-corrected chi connectivity index (χ0v) is 11.9. The minimum atomic E-state index is 0.786. The van der Waals surface area contributed by atoms with Crippen LogP contribution in [0.25, 0.3) is 0 Å². The predicted octanol–water partition coefficient (Wildman–Crippen LogP) is 2.66. The van der Waals surface area contributed by atoms with E-state index in [9.17, 15) is 0 Å². The van der Waals surface area contributed by atoms with Crippen molar-refractivity contribution in [2.24, 2.45) is 0 Å². The van der Waals surface area contributed by atoms with Crippen LogP contribution in [-0.2, 0) is 11.3 Å². The molecule has 0 saturated carbocycles. The van der Waals surface area contributed by atoms with Crippen molar-refractivity contribution in [2.45, 2.75) is 27.3 Å². The molecule has 1 aromatic rings. The van der Waals surface area contributed by atoms with Gasteiger partial charge in [-0.1, -0.05) is 12.1 Å². The van der Waals surface area contributed by atoms with E-state index in [4.69, 9.17) is 4.74 Å². The number of nitrogens with zero attached hydrogens (tertiary/aromatic N) is 1. The van der Waals surface area contributed by atoms with Crippen LogP contribution in [0, 0.1) is 0 Å². The molecule has 102 valence electrons. The Hall–Kier alpha value is -1.06. The van der Waals surface area contributed by atoms with E-state index in [1.54, 1.807) is 0 Å². The lowest BCUT2D eigenvalue weighted by atomic mass is 10.2. The molecule has 0 bridgehead atoms. The quantitative estimate of drug-likeness (QED) is 0.682. The van der Waals surface area contributed by atoms with Gasteiger partial charge >= 0.3 is 0 Å². The first-order valence-electron chi connectivity index (χ1n) is 6.94. The first-order chi connectivity index (χ1) is 8.81. The van der Waals surface area contributed by atoms with Crippen LogP contribution in [0.3, 0.4) is 0 Å². The van der Waals surface area contributed by atoms with Gasteiger partial charge in [-0.3, -0.25) is 0 Å². The first kappa shape index (κ1) is 15.0. The SMILES string of the molecule is CCOCCNCc1ccc(N(CC)CC)cc1. The van der Waals surface area contributed by atoms with Crippen molar-refractivity contribution in [1.82, 2.24) is 5.32 Å². The number of benzene rings is 1. The van der Waals surface area contributed by atoms with Gasteiger partial charge in [-0.15, -0.1) is 0 Å². The lowest BCUT2D eigenvalue weighted by Crippen LogP contribution is -2.22. The van der Waals surface area contributed by atoms with Gasteiger partial charge in [0.25, 0.3) is 0 Å². The molecule has 18 heavy (non-hydrogen) atoms. The maximum Gasteiger partial charge on any atom is 0.0590 e. The van der Waals surface area contributed by atoms with Crippen LogP contribution in [0.4, 0.5) is 5.69 Å². The predicted molar refractivity (Wildman–Crippen MR) is 78.2 cm³/mol. The molecule has 0 amide bonds. The average molecular weight is 250 g/mol. The van der Waals surface area contributed by atoms with E-state index in [-0.39, 0.29) is 0 Å². The van der Waals surface area contributed by atoms with Crippen molar-refractivity contribution in [2.75, 3.05) is 37.7 Å². The zero-order valence-electron chi connectivity index (χ0n) is 11.9. The molecule has 0 spiro atoms. The number of nitrogens with one attached hydrogen (secondary N) is 1. The molecule has 1 rings (SSSR count). The van der Waals surface area contributed by atoms with E-state index in [1.807, 2.05) is 6.92 Å². The largest absolute Gasteiger partial charge is 0.380 e. The molecule has 0 fully saturated rings. The van der Waals surface area contributed by atoms with Gasteiger partial charge < -0.3 is 15.0 Å². The Morgan fingerprint density at radius 1 is 1.06 bits per heavy atom. The molecule has 0 saturated heterocycles. The average Bonchev–Trinajstić information content (AvgIpc) is 2.41. The Balaban J connectivity index is 2.35. The monoisotopic (exact) mass is 250 g/mol. The summed E-state index contributed by atoms with van der Waals surface area (Å²) in [5.74, 6) is 0. The van der Waals surface area contributed by atoms with Gasteiger partial charge in [-0.25, -0.2) is 0 Å². The van der Waals surface area contributed by atoms with E-state index < -0.39 is 0 Å². The van der Waals surface area contributed by atoms with E-state index >= 15 is 0 Å². The van der Waals surface area contributed by atoms with Gasteiger partial charge in [0.1, 0.15) is 0 Å². The molecule has 0 aliphatic rings. The van der Waals surface area contributed by atoms with Crippen molar-refractivity contribution < 1.29 is 4.74 Å². The summed E-state index contributed by atoms with van der Waals surface area (Å²) in [5, 5.41) is 3.37. The molecular formula is C15H26N2O. The molecule has 0 atom stereocenters. The van der Waals surface area contributed by atoms with Crippen LogP contribution >= 0.6 is 0 Å². The molecule has 0 aromatic heterocycles. The standard InChI is InChI=1S/C15H26N2O/c1-4-17(5-2)15-9-7-14(8-10-15)13-16-11-12-18-6-3/h7-10,16H,4-6,11-13H2,1-3H3. The van der Waals surface area contributed by atoms with Gasteiger partial charge in [-0.05, 0) is 38.5 Å². The highest BCUT2D eigenvalue weighted by Gasteiger charge is 2.00. The summed E-state index contributed by atoms with van der Waals surface area (Å²) in [4.78, 5) is 2.35. The highest BCUT2D eigenvalue weighted by atomic mass is 16.5. The smallest absolute Gasteiger partial charge is 0.0590 e. The highest BCUT2D eigenvalue weighted by Crippen LogP contribution is 2.14. The Morgan fingerprint density at radius 3 is 2.28 bits per heavy atom. The summed E-state index contributed by atoms with van der Waals surface area (Å²) in [6, 6.07) is 8.79. The Kier molecular flexibility index (Phi) is 7.46. The van der Waals surface area contributed by atoms with E-state index in [0.29, 0.717) is 0 Å². The fourth-order valence-corrected chi connectivity index (χ4v) is 1.93. The summed E-state index contributed by atoms with van der Waals surface area (Å²) >= 11 is 0. The Morgan fingerprint density at radius 2 is 1.72 bits per heavy atom. The molecular weight excluding hydrogens is 224 g/mol. The minimum Gasteiger partial charge on any atom is -0.380 e. The third-order valence-corrected chi connectivity index (χ3v) is 3.02. The van der Waals surface area contributed by atoms with E-state index in [0.717, 1.165) is 39.4 Å². The molecule has 0 unspecified atom stereocenters. The summed E-state index contributed by atoms with van der Waals surface area (Å²) in [6.07, 6.45) is 0. The molecule has 0 aliphatic heterocycles. The van der Waals surface area contributed by atoms with Crippen LogP contribution in [0.15, 0.2) is 24.3 Å². The van der Waals surface area contributed by atoms with Gasteiger partial charge in [0.2, 0.25) is 0 Å². The number of ether oxygens (including phenoxy) is 1. The van der Waals surface area contributed by atoms with Gasteiger partial charge in [0.15, 0.2) is 0 Å². The van der Waals surface area contributed by atoms with Crippen LogP contribution in [-0.4, -0.2) is 32.8 Å². The van der Waals surface area contributed by atoms with Crippen molar-refractivity contribution in [3.05, 3.63) is 29.8 Å². The second-order valence-corrected chi connectivity index (χ2v) is 4.21. The second kappa shape index (κ2) is 8.95. The maximum absolute atomic E-state index is 5.28. The molecule has 0 aliphatic carbocycles. The molecule has 3 heteroatoms. The first-order valence-corrected chi connectivity index (χ1v) is 6.94. The number of hydrogen-bond acceptors (Lipinski definition) is 3. The van der Waals surface area contributed by atoms with Gasteiger partial charge in [-0.2, -0.15) is 0 Å². The molecule has 0 radical (unpaired) electrons. The summed E-state index contributed by atoms with van der Waals surface area (Å²) in [7, 11) is 0. The summed E-state index contributed by atoms with van der Waals surface area (Å²) < 4.78 is 5.28. The maximum atomic E-state index is 5.28. The van der Waals surface area contributed by atoms with Crippen LogP contribution in [0.5, 0.6) is 0 Å². The van der Waals surface area contributed by atoms with Gasteiger partial charge in [0.05, 0.1) is 6.61 Å². The third kappa shape index (κ3) is 5.07. The fourth-order valence-electron chi connectivity index (χ4n) is 1.93. The second-order valence-electron chi connectivity index (χ2n) is 4.21. The minimum absolute atomic E-state index is 0.786. The fraction of sp³-hybridized carbons (Fsp3) is 0.600. The lowest BCUT2D eigenvalue weighted by molar-refractivity contribution is 0.149. The number of anilines is 1. The van der Waals surface area contributed by atoms with Crippen molar-refractivity contribution in [3.8, 4) is 0 Å². The topological polar surface area (TPSA) is 24.5 Å². The Labute approximate surface area is 111 Å². The number of hydrogen-bond donors (Lipinski definition) is 1. The normalized spacial score (nSPS) is 10.6. The van der Waals surface area contributed by atoms with Gasteiger partial charge in [0, 0.05) is 38.5 Å². The van der Waals surface area contributed by atoms with E-state index in [1.165, 1.54) is 11.3 Å². The van der Waals surface area contributed by atoms with Crippen molar-refractivity contribution in [1.29, 1.82) is 0 Å². The van der Waals surface area contributed by atoms with Crippen molar-refractivity contribution >= 4 is 5.69 Å². The summed E-state index contributed by atoms with van der Waals surface area (Å²) in [5.41, 5.74) is 2.63. The zero-order chi connectivity index (χ0) is 13.2.